The lowest BCUT2D eigenvalue weighted by molar-refractivity contribution is -0.183. The van der Waals surface area contributed by atoms with Crippen LogP contribution in [0.15, 0.2) is 29.4 Å². The van der Waals surface area contributed by atoms with E-state index in [-0.39, 0.29) is 17.7 Å². The summed E-state index contributed by atoms with van der Waals surface area (Å²) in [7, 11) is -3.90. The van der Waals surface area contributed by atoms with Gasteiger partial charge in [-0.3, -0.25) is 0 Å². The number of rotatable bonds is 3. The first-order valence-electron chi connectivity index (χ1n) is 7.28. The highest BCUT2D eigenvalue weighted by Gasteiger charge is 2.43. The molecule has 9 heteroatoms. The van der Waals surface area contributed by atoms with E-state index in [1.165, 1.54) is 12.4 Å². The van der Waals surface area contributed by atoms with Crippen molar-refractivity contribution >= 4 is 21.1 Å². The Morgan fingerprint density at radius 3 is 2.83 bits per heavy atom. The van der Waals surface area contributed by atoms with E-state index in [9.17, 15) is 21.6 Å². The van der Waals surface area contributed by atoms with Crippen molar-refractivity contribution in [3.05, 3.63) is 24.5 Å². The van der Waals surface area contributed by atoms with E-state index in [1.54, 1.807) is 12.1 Å². The van der Waals surface area contributed by atoms with E-state index in [4.69, 9.17) is 0 Å². The molecule has 0 aliphatic heterocycles. The molecule has 2 aromatic heterocycles. The van der Waals surface area contributed by atoms with Crippen molar-refractivity contribution in [3.63, 3.8) is 0 Å². The monoisotopic (exact) mass is 347 g/mol. The molecule has 0 saturated heterocycles. The lowest BCUT2D eigenvalue weighted by atomic mass is 9.86. The van der Waals surface area contributed by atoms with Crippen molar-refractivity contribution < 1.29 is 21.6 Å². The number of nitrogens with one attached hydrogen (secondary N) is 2. The minimum Gasteiger partial charge on any atom is -0.345 e. The van der Waals surface area contributed by atoms with Crippen LogP contribution in [0, 0.1) is 5.92 Å². The molecule has 1 fully saturated rings. The minimum atomic E-state index is -4.28. The van der Waals surface area contributed by atoms with Crippen LogP contribution in [0.3, 0.4) is 0 Å². The fourth-order valence-corrected chi connectivity index (χ4v) is 4.48. The van der Waals surface area contributed by atoms with Gasteiger partial charge < -0.3 is 4.98 Å². The van der Waals surface area contributed by atoms with Gasteiger partial charge in [0.2, 0.25) is 10.0 Å². The molecule has 23 heavy (non-hydrogen) atoms. The summed E-state index contributed by atoms with van der Waals surface area (Å²) in [6.45, 7) is 0. The topological polar surface area (TPSA) is 74.8 Å². The van der Waals surface area contributed by atoms with E-state index in [0.29, 0.717) is 23.9 Å². The van der Waals surface area contributed by atoms with Crippen LogP contribution in [0.4, 0.5) is 13.2 Å². The second-order valence-electron chi connectivity index (χ2n) is 5.78. The van der Waals surface area contributed by atoms with Crippen molar-refractivity contribution in [1.29, 1.82) is 0 Å². The number of hydrogen-bond donors (Lipinski definition) is 2. The fraction of sp³-hybridized carbons (Fsp3) is 0.500. The standard InChI is InChI=1S/C14H16F3N3O2S/c15-14(16,17)9-3-1-4-10(7-9)20-23(21,22)12-8-19-13-11(12)5-2-6-18-13/h2,5-6,8-10,20H,1,3-4,7H2,(H,18,19)/t9-,10-/m0/s1. The third kappa shape index (κ3) is 3.35. The fourth-order valence-electron chi connectivity index (χ4n) is 3.03. The third-order valence-corrected chi connectivity index (χ3v) is 5.72. The van der Waals surface area contributed by atoms with E-state index < -0.39 is 28.2 Å². The summed E-state index contributed by atoms with van der Waals surface area (Å²) in [5.41, 5.74) is 0.421. The van der Waals surface area contributed by atoms with Gasteiger partial charge in [-0.05, 0) is 31.4 Å². The molecule has 0 spiro atoms. The summed E-state index contributed by atoms with van der Waals surface area (Å²) in [5.74, 6) is -1.45. The lowest BCUT2D eigenvalue weighted by Crippen LogP contribution is -2.41. The Morgan fingerprint density at radius 1 is 1.30 bits per heavy atom. The van der Waals surface area contributed by atoms with Crippen LogP contribution in [-0.2, 0) is 10.0 Å². The van der Waals surface area contributed by atoms with Crippen molar-refractivity contribution in [1.82, 2.24) is 14.7 Å². The van der Waals surface area contributed by atoms with Crippen LogP contribution in [0.5, 0.6) is 0 Å². The van der Waals surface area contributed by atoms with Crippen LogP contribution in [0.1, 0.15) is 25.7 Å². The molecule has 126 valence electrons. The van der Waals surface area contributed by atoms with Gasteiger partial charge in [-0.25, -0.2) is 18.1 Å². The van der Waals surface area contributed by atoms with Gasteiger partial charge in [0, 0.05) is 23.8 Å². The van der Waals surface area contributed by atoms with Crippen LogP contribution in [0.25, 0.3) is 11.0 Å². The normalized spacial score (nSPS) is 23.3. The summed E-state index contributed by atoms with van der Waals surface area (Å²) < 4.78 is 65.9. The Bertz CT molecular complexity index is 801. The minimum absolute atomic E-state index is 0.00901. The molecule has 2 aromatic rings. The number of nitrogens with zero attached hydrogens (tertiary/aromatic N) is 1. The second-order valence-corrected chi connectivity index (χ2v) is 7.46. The molecule has 5 nitrogen and oxygen atoms in total. The molecule has 2 atom stereocenters. The SMILES string of the molecule is O=S(=O)(N[C@H]1CCC[C@H](C(F)(F)F)C1)c1c[nH]c2ncccc12. The van der Waals surface area contributed by atoms with E-state index in [0.717, 1.165) is 0 Å². The number of aromatic nitrogens is 2. The molecule has 0 aromatic carbocycles. The van der Waals surface area contributed by atoms with E-state index in [1.807, 2.05) is 0 Å². The summed E-state index contributed by atoms with van der Waals surface area (Å²) in [4.78, 5) is 6.77. The van der Waals surface area contributed by atoms with Crippen molar-refractivity contribution in [2.24, 2.45) is 5.92 Å². The Kier molecular flexibility index (Phi) is 4.09. The second kappa shape index (κ2) is 5.79. The molecular formula is C14H16F3N3O2S. The molecule has 1 saturated carbocycles. The van der Waals surface area contributed by atoms with Crippen LogP contribution < -0.4 is 4.72 Å². The Labute approximate surface area is 131 Å². The molecular weight excluding hydrogens is 331 g/mol. The lowest BCUT2D eigenvalue weighted by Gasteiger charge is -2.30. The first-order chi connectivity index (χ1) is 10.8. The quantitative estimate of drug-likeness (QED) is 0.896. The first kappa shape index (κ1) is 16.3. The van der Waals surface area contributed by atoms with Crippen molar-refractivity contribution in [2.75, 3.05) is 0 Å². The summed E-state index contributed by atoms with van der Waals surface area (Å²) in [5, 5.41) is 0.420. The van der Waals surface area contributed by atoms with Gasteiger partial charge >= 0.3 is 6.18 Å². The van der Waals surface area contributed by atoms with Gasteiger partial charge in [-0.2, -0.15) is 13.2 Å². The molecule has 1 aliphatic rings. The Balaban J connectivity index is 1.81. The largest absolute Gasteiger partial charge is 0.391 e. The highest BCUT2D eigenvalue weighted by atomic mass is 32.2. The number of hydrogen-bond acceptors (Lipinski definition) is 3. The van der Waals surface area contributed by atoms with Crippen LogP contribution in [0.2, 0.25) is 0 Å². The number of aromatic amines is 1. The zero-order valence-corrected chi connectivity index (χ0v) is 12.9. The molecule has 3 rings (SSSR count). The molecule has 2 heterocycles. The zero-order chi connectivity index (χ0) is 16.7. The van der Waals surface area contributed by atoms with Crippen molar-refractivity contribution in [2.45, 2.75) is 42.8 Å². The Hall–Kier alpha value is -1.61. The summed E-state index contributed by atoms with van der Waals surface area (Å²) in [6, 6.07) is 2.50. The molecule has 1 aliphatic carbocycles. The number of halogens is 3. The number of H-pyrrole nitrogens is 1. The first-order valence-corrected chi connectivity index (χ1v) is 8.77. The average molecular weight is 347 g/mol. The van der Waals surface area contributed by atoms with Crippen molar-refractivity contribution in [3.8, 4) is 0 Å². The van der Waals surface area contributed by atoms with E-state index >= 15 is 0 Å². The summed E-state index contributed by atoms with van der Waals surface area (Å²) >= 11 is 0. The molecule has 0 amide bonds. The maximum atomic E-state index is 12.8. The highest BCUT2D eigenvalue weighted by Crippen LogP contribution is 2.38. The zero-order valence-electron chi connectivity index (χ0n) is 12.1. The Morgan fingerprint density at radius 2 is 2.09 bits per heavy atom. The van der Waals surface area contributed by atoms with E-state index in [2.05, 4.69) is 14.7 Å². The molecule has 0 unspecified atom stereocenters. The van der Waals surface area contributed by atoms with Gasteiger partial charge in [0.15, 0.2) is 0 Å². The number of pyridine rings is 1. The van der Waals surface area contributed by atoms with Crippen LogP contribution in [-0.4, -0.2) is 30.6 Å². The summed E-state index contributed by atoms with van der Waals surface area (Å²) in [6.07, 6.45) is -0.849. The van der Waals surface area contributed by atoms with Crippen LogP contribution >= 0.6 is 0 Å². The van der Waals surface area contributed by atoms with Gasteiger partial charge in [0.05, 0.1) is 5.92 Å². The average Bonchev–Trinajstić information content (AvgIpc) is 2.91. The molecule has 2 N–H and O–H groups in total. The number of fused-ring (bicyclic) bond motifs is 1. The van der Waals surface area contributed by atoms with Gasteiger partial charge in [0.25, 0.3) is 0 Å². The number of sulfonamides is 1. The molecule has 0 radical (unpaired) electrons. The maximum absolute atomic E-state index is 12.8. The maximum Gasteiger partial charge on any atom is 0.391 e. The van der Waals surface area contributed by atoms with Gasteiger partial charge in [-0.15, -0.1) is 0 Å². The van der Waals surface area contributed by atoms with Gasteiger partial charge in [-0.1, -0.05) is 6.42 Å². The predicted octanol–water partition coefficient (Wildman–Crippen LogP) is 2.96. The number of alkyl halides is 3. The third-order valence-electron chi connectivity index (χ3n) is 4.16. The smallest absolute Gasteiger partial charge is 0.345 e. The predicted molar refractivity (Wildman–Crippen MR) is 78.2 cm³/mol. The highest BCUT2D eigenvalue weighted by molar-refractivity contribution is 7.89. The molecule has 0 bridgehead atoms. The van der Waals surface area contributed by atoms with Gasteiger partial charge in [0.1, 0.15) is 10.5 Å².